The maximum absolute atomic E-state index is 11.6. The van der Waals surface area contributed by atoms with Gasteiger partial charge >= 0.3 is 5.97 Å². The number of halogens is 2. The minimum Gasteiger partial charge on any atom is -0.481 e. The molecule has 2 atom stereocenters. The van der Waals surface area contributed by atoms with E-state index in [1.54, 1.807) is 0 Å². The first-order chi connectivity index (χ1) is 4.13. The van der Waals surface area contributed by atoms with Crippen molar-refractivity contribution in [1.82, 2.24) is 0 Å². The SMILES string of the molecule is O=C(O)[C@@H]1C[C@@H]1C(F)F. The zero-order valence-corrected chi connectivity index (χ0v) is 4.55. The Morgan fingerprint density at radius 1 is 1.67 bits per heavy atom. The zero-order chi connectivity index (χ0) is 7.02. The van der Waals surface area contributed by atoms with Gasteiger partial charge in [0.05, 0.1) is 5.92 Å². The van der Waals surface area contributed by atoms with Gasteiger partial charge < -0.3 is 5.11 Å². The first kappa shape index (κ1) is 6.45. The highest BCUT2D eigenvalue weighted by Gasteiger charge is 2.49. The Morgan fingerprint density at radius 2 is 2.22 bits per heavy atom. The summed E-state index contributed by atoms with van der Waals surface area (Å²) in [5.74, 6) is -2.74. The molecule has 0 amide bonds. The topological polar surface area (TPSA) is 37.3 Å². The van der Waals surface area contributed by atoms with E-state index in [1.807, 2.05) is 0 Å². The van der Waals surface area contributed by atoms with Crippen molar-refractivity contribution in [3.8, 4) is 0 Å². The van der Waals surface area contributed by atoms with Crippen molar-refractivity contribution in [2.24, 2.45) is 11.8 Å². The number of hydrogen-bond donors (Lipinski definition) is 1. The lowest BCUT2D eigenvalue weighted by Gasteiger charge is -1.90. The van der Waals surface area contributed by atoms with Crippen molar-refractivity contribution in [2.75, 3.05) is 0 Å². The van der Waals surface area contributed by atoms with Crippen LogP contribution < -0.4 is 0 Å². The lowest BCUT2D eigenvalue weighted by Crippen LogP contribution is -2.04. The summed E-state index contributed by atoms with van der Waals surface area (Å²) in [4.78, 5) is 9.94. The zero-order valence-electron chi connectivity index (χ0n) is 4.55. The Kier molecular flexibility index (Phi) is 1.38. The molecular formula is C5H6F2O2. The number of carboxylic acids is 1. The van der Waals surface area contributed by atoms with Gasteiger partial charge in [-0.25, -0.2) is 8.78 Å². The minimum atomic E-state index is -2.45. The van der Waals surface area contributed by atoms with Crippen LogP contribution in [0.3, 0.4) is 0 Å². The quantitative estimate of drug-likeness (QED) is 0.614. The number of alkyl halides is 2. The van der Waals surface area contributed by atoms with Crippen LogP contribution in [0.15, 0.2) is 0 Å². The summed E-state index contributed by atoms with van der Waals surface area (Å²) in [6, 6.07) is 0. The summed E-state index contributed by atoms with van der Waals surface area (Å²) in [6.45, 7) is 0. The average molecular weight is 136 g/mol. The van der Waals surface area contributed by atoms with E-state index < -0.39 is 24.2 Å². The molecule has 0 spiro atoms. The van der Waals surface area contributed by atoms with Crippen LogP contribution in [0.4, 0.5) is 8.78 Å². The molecule has 0 aromatic rings. The minimum absolute atomic E-state index is 0.146. The molecule has 0 heterocycles. The Morgan fingerprint density at radius 3 is 2.33 bits per heavy atom. The Balaban J connectivity index is 2.33. The molecule has 0 aliphatic heterocycles. The van der Waals surface area contributed by atoms with Gasteiger partial charge in [0, 0.05) is 5.92 Å². The Bertz CT molecular complexity index is 135. The highest BCUT2D eigenvalue weighted by molar-refractivity contribution is 5.73. The smallest absolute Gasteiger partial charge is 0.307 e. The van der Waals surface area contributed by atoms with E-state index in [0.29, 0.717) is 0 Å². The van der Waals surface area contributed by atoms with E-state index in [4.69, 9.17) is 5.11 Å². The lowest BCUT2D eigenvalue weighted by atomic mass is 10.3. The normalized spacial score (nSPS) is 32.8. The molecule has 0 aromatic carbocycles. The molecule has 1 fully saturated rings. The molecule has 1 saturated carbocycles. The van der Waals surface area contributed by atoms with Crippen LogP contribution in [0.5, 0.6) is 0 Å². The van der Waals surface area contributed by atoms with Gasteiger partial charge in [0.15, 0.2) is 0 Å². The first-order valence-corrected chi connectivity index (χ1v) is 2.64. The van der Waals surface area contributed by atoms with Gasteiger partial charge in [-0.2, -0.15) is 0 Å². The van der Waals surface area contributed by atoms with E-state index in [1.165, 1.54) is 0 Å². The molecule has 0 aromatic heterocycles. The molecule has 1 N–H and O–H groups in total. The molecule has 1 aliphatic rings. The fourth-order valence-electron chi connectivity index (χ4n) is 0.777. The second-order valence-electron chi connectivity index (χ2n) is 2.18. The fourth-order valence-corrected chi connectivity index (χ4v) is 0.777. The van der Waals surface area contributed by atoms with Crippen molar-refractivity contribution in [3.05, 3.63) is 0 Å². The Labute approximate surface area is 50.5 Å². The average Bonchev–Trinajstić information content (AvgIpc) is 2.39. The van der Waals surface area contributed by atoms with Crippen LogP contribution in [0, 0.1) is 11.8 Å². The second kappa shape index (κ2) is 1.93. The van der Waals surface area contributed by atoms with E-state index in [2.05, 4.69) is 0 Å². The summed E-state index contributed by atoms with van der Waals surface area (Å²) in [7, 11) is 0. The largest absolute Gasteiger partial charge is 0.481 e. The molecule has 9 heavy (non-hydrogen) atoms. The summed E-state index contributed by atoms with van der Waals surface area (Å²) in [5, 5.41) is 8.14. The number of rotatable bonds is 2. The predicted molar refractivity (Wildman–Crippen MR) is 25.2 cm³/mol. The fraction of sp³-hybridized carbons (Fsp3) is 0.800. The summed E-state index contributed by atoms with van der Waals surface area (Å²) in [5.41, 5.74) is 0. The van der Waals surface area contributed by atoms with E-state index in [-0.39, 0.29) is 6.42 Å². The third-order valence-corrected chi connectivity index (χ3v) is 1.48. The molecule has 4 heteroatoms. The summed E-state index contributed by atoms with van der Waals surface area (Å²) >= 11 is 0. The Hall–Kier alpha value is -0.670. The summed E-state index contributed by atoms with van der Waals surface area (Å²) < 4.78 is 23.1. The third-order valence-electron chi connectivity index (χ3n) is 1.48. The molecule has 0 radical (unpaired) electrons. The van der Waals surface area contributed by atoms with Gasteiger partial charge in [0.25, 0.3) is 0 Å². The second-order valence-corrected chi connectivity index (χ2v) is 2.18. The molecule has 1 aliphatic carbocycles. The van der Waals surface area contributed by atoms with Crippen LogP contribution in [0.2, 0.25) is 0 Å². The standard InChI is InChI=1S/C5H6F2O2/c6-4(7)2-1-3(2)5(8)9/h2-4H,1H2,(H,8,9)/t2-,3+/m0/s1. The van der Waals surface area contributed by atoms with Crippen molar-refractivity contribution in [3.63, 3.8) is 0 Å². The van der Waals surface area contributed by atoms with Crippen molar-refractivity contribution in [1.29, 1.82) is 0 Å². The van der Waals surface area contributed by atoms with Crippen LogP contribution in [-0.4, -0.2) is 17.5 Å². The predicted octanol–water partition coefficient (Wildman–Crippen LogP) is 0.972. The first-order valence-electron chi connectivity index (χ1n) is 2.64. The highest BCUT2D eigenvalue weighted by atomic mass is 19.3. The highest BCUT2D eigenvalue weighted by Crippen LogP contribution is 2.42. The lowest BCUT2D eigenvalue weighted by molar-refractivity contribution is -0.139. The van der Waals surface area contributed by atoms with Crippen molar-refractivity contribution in [2.45, 2.75) is 12.8 Å². The van der Waals surface area contributed by atoms with E-state index in [0.717, 1.165) is 0 Å². The van der Waals surface area contributed by atoms with Gasteiger partial charge in [0.1, 0.15) is 0 Å². The number of hydrogen-bond acceptors (Lipinski definition) is 1. The van der Waals surface area contributed by atoms with Crippen molar-refractivity contribution >= 4 is 5.97 Å². The van der Waals surface area contributed by atoms with Gasteiger partial charge in [0.2, 0.25) is 6.43 Å². The molecule has 0 saturated heterocycles. The third kappa shape index (κ3) is 1.17. The number of aliphatic carboxylic acids is 1. The van der Waals surface area contributed by atoms with Gasteiger partial charge in [-0.05, 0) is 6.42 Å². The van der Waals surface area contributed by atoms with Crippen LogP contribution >= 0.6 is 0 Å². The van der Waals surface area contributed by atoms with Gasteiger partial charge in [-0.3, -0.25) is 4.79 Å². The number of carboxylic acid groups (broad SMARTS) is 1. The number of carbonyl (C=O) groups is 1. The van der Waals surface area contributed by atoms with Crippen LogP contribution in [-0.2, 0) is 4.79 Å². The van der Waals surface area contributed by atoms with Crippen molar-refractivity contribution < 1.29 is 18.7 Å². The molecule has 1 rings (SSSR count). The van der Waals surface area contributed by atoms with E-state index >= 15 is 0 Å². The van der Waals surface area contributed by atoms with Gasteiger partial charge in [-0.1, -0.05) is 0 Å². The summed E-state index contributed by atoms with van der Waals surface area (Å²) in [6.07, 6.45) is -2.31. The maximum atomic E-state index is 11.6. The monoisotopic (exact) mass is 136 g/mol. The molecule has 0 unspecified atom stereocenters. The van der Waals surface area contributed by atoms with Gasteiger partial charge in [-0.15, -0.1) is 0 Å². The van der Waals surface area contributed by atoms with E-state index in [9.17, 15) is 13.6 Å². The maximum Gasteiger partial charge on any atom is 0.307 e. The van der Waals surface area contributed by atoms with Crippen LogP contribution in [0.25, 0.3) is 0 Å². The van der Waals surface area contributed by atoms with Crippen LogP contribution in [0.1, 0.15) is 6.42 Å². The molecular weight excluding hydrogens is 130 g/mol. The molecule has 0 bridgehead atoms. The molecule has 2 nitrogen and oxygen atoms in total. The molecule has 52 valence electrons.